The molecule has 1 nitrogen and oxygen atoms in total. The maximum absolute atomic E-state index is 6.09. The molecule has 0 radical (unpaired) electrons. The van der Waals surface area contributed by atoms with Gasteiger partial charge in [-0.25, -0.2) is 0 Å². The summed E-state index contributed by atoms with van der Waals surface area (Å²) in [4.78, 5) is 0. The third kappa shape index (κ3) is 2.46. The molecule has 0 bridgehead atoms. The molecule has 1 aliphatic rings. The Morgan fingerprint density at radius 3 is 2.47 bits per heavy atom. The summed E-state index contributed by atoms with van der Waals surface area (Å²) >= 11 is 6.09. The summed E-state index contributed by atoms with van der Waals surface area (Å²) in [5, 5.41) is 0.399. The first-order valence-corrected chi connectivity index (χ1v) is 5.85. The molecule has 0 amide bonds. The van der Waals surface area contributed by atoms with Crippen LogP contribution in [0, 0.1) is 5.41 Å². The topological polar surface area (TPSA) is 9.23 Å². The van der Waals surface area contributed by atoms with E-state index in [4.69, 9.17) is 16.3 Å². The zero-order chi connectivity index (χ0) is 10.9. The molecular formula is C13H17ClO. The van der Waals surface area contributed by atoms with Gasteiger partial charge in [0, 0.05) is 5.38 Å². The van der Waals surface area contributed by atoms with Gasteiger partial charge in [0.05, 0.1) is 7.11 Å². The molecule has 15 heavy (non-hydrogen) atoms. The van der Waals surface area contributed by atoms with E-state index in [0.717, 1.165) is 12.2 Å². The second-order valence-corrected chi connectivity index (χ2v) is 5.20. The zero-order valence-corrected chi connectivity index (χ0v) is 10.1. The van der Waals surface area contributed by atoms with Crippen LogP contribution in [-0.2, 0) is 6.42 Å². The van der Waals surface area contributed by atoms with E-state index in [9.17, 15) is 0 Å². The van der Waals surface area contributed by atoms with Gasteiger partial charge in [0.2, 0.25) is 0 Å². The fraction of sp³-hybridized carbons (Fsp3) is 0.538. The van der Waals surface area contributed by atoms with E-state index in [2.05, 4.69) is 19.1 Å². The lowest BCUT2D eigenvalue weighted by Gasteiger charge is -2.08. The minimum absolute atomic E-state index is 0.390. The van der Waals surface area contributed by atoms with Crippen LogP contribution in [0.5, 0.6) is 5.75 Å². The summed E-state index contributed by atoms with van der Waals surface area (Å²) in [7, 11) is 1.69. The molecule has 0 aliphatic heterocycles. The molecule has 0 saturated heterocycles. The average molecular weight is 225 g/mol. The fourth-order valence-corrected chi connectivity index (χ4v) is 2.29. The monoisotopic (exact) mass is 224 g/mol. The van der Waals surface area contributed by atoms with Crippen LogP contribution in [0.4, 0.5) is 0 Å². The van der Waals surface area contributed by atoms with Crippen molar-refractivity contribution in [2.24, 2.45) is 5.41 Å². The summed E-state index contributed by atoms with van der Waals surface area (Å²) in [5.74, 6) is 0.923. The van der Waals surface area contributed by atoms with E-state index in [-0.39, 0.29) is 0 Å². The first-order chi connectivity index (χ1) is 7.14. The normalized spacial score (nSPS) is 28.9. The van der Waals surface area contributed by atoms with Crippen LogP contribution in [-0.4, -0.2) is 12.5 Å². The van der Waals surface area contributed by atoms with Crippen molar-refractivity contribution in [2.75, 3.05) is 7.11 Å². The van der Waals surface area contributed by atoms with E-state index >= 15 is 0 Å². The van der Waals surface area contributed by atoms with Gasteiger partial charge >= 0.3 is 0 Å². The van der Waals surface area contributed by atoms with Crippen molar-refractivity contribution in [1.82, 2.24) is 0 Å². The molecule has 1 aromatic carbocycles. The highest BCUT2D eigenvalue weighted by Crippen LogP contribution is 2.53. The van der Waals surface area contributed by atoms with Gasteiger partial charge in [-0.15, -0.1) is 11.6 Å². The number of ether oxygens (including phenoxy) is 1. The lowest BCUT2D eigenvalue weighted by atomic mass is 9.99. The quantitative estimate of drug-likeness (QED) is 0.710. The van der Waals surface area contributed by atoms with Crippen molar-refractivity contribution in [2.45, 2.75) is 31.6 Å². The summed E-state index contributed by atoms with van der Waals surface area (Å²) in [6.07, 6.45) is 3.47. The highest BCUT2D eigenvalue weighted by molar-refractivity contribution is 6.23. The molecule has 1 aromatic rings. The number of hydrogen-bond acceptors (Lipinski definition) is 1. The molecular weight excluding hydrogens is 208 g/mol. The largest absolute Gasteiger partial charge is 0.497 e. The van der Waals surface area contributed by atoms with Gasteiger partial charge in [-0.05, 0) is 42.4 Å². The SMILES string of the molecule is COc1ccc(CC[C@@]2(C)C[C@@H]2Cl)cc1. The Labute approximate surface area is 96.4 Å². The number of aryl methyl sites for hydroxylation is 1. The Bertz CT molecular complexity index is 333. The van der Waals surface area contributed by atoms with Gasteiger partial charge in [0.25, 0.3) is 0 Å². The van der Waals surface area contributed by atoms with Gasteiger partial charge in [0.1, 0.15) is 5.75 Å². The first-order valence-electron chi connectivity index (χ1n) is 5.41. The van der Waals surface area contributed by atoms with Crippen LogP contribution in [0.2, 0.25) is 0 Å². The number of benzene rings is 1. The average Bonchev–Trinajstić information content (AvgIpc) is 2.85. The van der Waals surface area contributed by atoms with Crippen molar-refractivity contribution in [1.29, 1.82) is 0 Å². The Kier molecular flexibility index (Phi) is 2.92. The standard InChI is InChI=1S/C13H17ClO/c1-13(9-12(13)14)8-7-10-3-5-11(15-2)6-4-10/h3-6,12H,7-9H2,1-2H3/t12-,13-/m0/s1. The predicted molar refractivity (Wildman–Crippen MR) is 63.7 cm³/mol. The lowest BCUT2D eigenvalue weighted by molar-refractivity contribution is 0.414. The molecule has 0 aromatic heterocycles. The van der Waals surface area contributed by atoms with Gasteiger partial charge in [-0.3, -0.25) is 0 Å². The molecule has 0 unspecified atom stereocenters. The van der Waals surface area contributed by atoms with Gasteiger partial charge in [-0.1, -0.05) is 19.1 Å². The molecule has 0 N–H and O–H groups in total. The molecule has 0 heterocycles. The minimum atomic E-state index is 0.390. The maximum atomic E-state index is 6.09. The van der Waals surface area contributed by atoms with Crippen LogP contribution in [0.3, 0.4) is 0 Å². The second kappa shape index (κ2) is 4.05. The Hall–Kier alpha value is -0.690. The Morgan fingerprint density at radius 2 is 2.00 bits per heavy atom. The summed E-state index contributed by atoms with van der Waals surface area (Å²) in [6, 6.07) is 8.30. The minimum Gasteiger partial charge on any atom is -0.497 e. The molecule has 2 atom stereocenters. The number of rotatable bonds is 4. The predicted octanol–water partition coefficient (Wildman–Crippen LogP) is 3.65. The van der Waals surface area contributed by atoms with Crippen LogP contribution in [0.1, 0.15) is 25.3 Å². The second-order valence-electron chi connectivity index (χ2n) is 4.67. The molecule has 2 heteroatoms. The van der Waals surface area contributed by atoms with E-state index in [1.165, 1.54) is 18.4 Å². The summed E-state index contributed by atoms with van der Waals surface area (Å²) in [5.41, 5.74) is 1.76. The number of methoxy groups -OCH3 is 1. The van der Waals surface area contributed by atoms with E-state index in [0.29, 0.717) is 10.8 Å². The third-order valence-electron chi connectivity index (χ3n) is 3.39. The van der Waals surface area contributed by atoms with Crippen molar-refractivity contribution in [3.05, 3.63) is 29.8 Å². The van der Waals surface area contributed by atoms with E-state index < -0.39 is 0 Å². The third-order valence-corrected chi connectivity index (χ3v) is 4.07. The highest BCUT2D eigenvalue weighted by Gasteiger charge is 2.47. The van der Waals surface area contributed by atoms with E-state index in [1.807, 2.05) is 12.1 Å². The van der Waals surface area contributed by atoms with Crippen molar-refractivity contribution in [3.8, 4) is 5.75 Å². The molecule has 1 saturated carbocycles. The zero-order valence-electron chi connectivity index (χ0n) is 9.29. The highest BCUT2D eigenvalue weighted by atomic mass is 35.5. The molecule has 82 valence electrons. The first kappa shape index (κ1) is 10.8. The Balaban J connectivity index is 1.88. The fourth-order valence-electron chi connectivity index (χ4n) is 1.83. The summed E-state index contributed by atoms with van der Waals surface area (Å²) in [6.45, 7) is 2.27. The number of alkyl halides is 1. The van der Waals surface area contributed by atoms with Gasteiger partial charge in [-0.2, -0.15) is 0 Å². The van der Waals surface area contributed by atoms with Crippen LogP contribution < -0.4 is 4.74 Å². The van der Waals surface area contributed by atoms with Gasteiger partial charge in [0.15, 0.2) is 0 Å². The van der Waals surface area contributed by atoms with Crippen LogP contribution in [0.15, 0.2) is 24.3 Å². The Morgan fingerprint density at radius 1 is 1.40 bits per heavy atom. The summed E-state index contributed by atoms with van der Waals surface area (Å²) < 4.78 is 5.12. The number of hydrogen-bond donors (Lipinski definition) is 0. The van der Waals surface area contributed by atoms with Crippen molar-refractivity contribution in [3.63, 3.8) is 0 Å². The number of halogens is 1. The lowest BCUT2D eigenvalue weighted by Crippen LogP contribution is -2.00. The smallest absolute Gasteiger partial charge is 0.118 e. The van der Waals surface area contributed by atoms with Crippen molar-refractivity contribution >= 4 is 11.6 Å². The molecule has 0 spiro atoms. The van der Waals surface area contributed by atoms with Crippen LogP contribution >= 0.6 is 11.6 Å². The van der Waals surface area contributed by atoms with Gasteiger partial charge < -0.3 is 4.74 Å². The molecule has 1 aliphatic carbocycles. The van der Waals surface area contributed by atoms with E-state index in [1.54, 1.807) is 7.11 Å². The molecule has 2 rings (SSSR count). The molecule has 1 fully saturated rings. The van der Waals surface area contributed by atoms with Crippen LogP contribution in [0.25, 0.3) is 0 Å². The maximum Gasteiger partial charge on any atom is 0.118 e. The van der Waals surface area contributed by atoms with Crippen molar-refractivity contribution < 1.29 is 4.74 Å².